The molecule has 0 aliphatic carbocycles. The van der Waals surface area contributed by atoms with Gasteiger partial charge in [0.15, 0.2) is 0 Å². The minimum absolute atomic E-state index is 0.559. The number of benzene rings is 10. The van der Waals surface area contributed by atoms with Crippen LogP contribution in [0.2, 0.25) is 0 Å². The lowest BCUT2D eigenvalue weighted by molar-refractivity contribution is 1.10. The molecule has 5 heterocycles. The van der Waals surface area contributed by atoms with Crippen LogP contribution in [0.1, 0.15) is 5.56 Å². The highest BCUT2D eigenvalue weighted by Crippen LogP contribution is 2.44. The Hall–Kier alpha value is -10.6. The van der Waals surface area contributed by atoms with Crippen molar-refractivity contribution in [3.63, 3.8) is 0 Å². The molecule has 0 aliphatic rings. The number of nitriles is 1. The lowest BCUT2D eigenvalue weighted by atomic mass is 9.99. The van der Waals surface area contributed by atoms with E-state index < -0.39 is 0 Å². The summed E-state index contributed by atoms with van der Waals surface area (Å²) < 4.78 is 6.78. The molecule has 6 heteroatoms. The van der Waals surface area contributed by atoms with Crippen LogP contribution in [-0.2, 0) is 0 Å². The van der Waals surface area contributed by atoms with Crippen LogP contribution in [-0.4, -0.2) is 23.7 Å². The van der Waals surface area contributed by atoms with E-state index in [0.29, 0.717) is 5.56 Å². The van der Waals surface area contributed by atoms with Crippen LogP contribution in [0.25, 0.3) is 138 Å². The van der Waals surface area contributed by atoms with Gasteiger partial charge in [-0.1, -0.05) is 158 Å². The molecule has 358 valence electrons. The Balaban J connectivity index is 1.02. The largest absolute Gasteiger partial charge is 0.308 e. The first-order valence-corrected chi connectivity index (χ1v) is 25.9. The van der Waals surface area contributed by atoms with Crippen LogP contribution in [0.3, 0.4) is 0 Å². The Morgan fingerprint density at radius 1 is 0.273 bits per heavy atom. The topological polar surface area (TPSA) is 64.4 Å². The summed E-state index contributed by atoms with van der Waals surface area (Å²) in [6, 6.07) is 93.3. The molecule has 15 rings (SSSR count). The standard InChI is InChI=1S/C71H44N6/c72-45-63-68(76-64-33-27-51(46-15-5-1-6-16-46)39-59(64)60-40-52(28-34-65(60)76)47-17-7-2-8-18-47)43-55(50-25-31-56(32-26-50)75-70-57(23-13-37-73-70)58-24-14-38-74-71(58)75)44-69(63)77-66-35-29-53(48-19-9-3-10-20-48)41-61(66)62-42-54(30-36-67(62)77)49-21-11-4-12-22-49/h1-44H. The van der Waals surface area contributed by atoms with Crippen molar-refractivity contribution in [2.24, 2.45) is 0 Å². The summed E-state index contributed by atoms with van der Waals surface area (Å²) in [5, 5.41) is 18.5. The first kappa shape index (κ1) is 43.9. The maximum atomic E-state index is 11.9. The quantitative estimate of drug-likeness (QED) is 0.152. The van der Waals surface area contributed by atoms with E-state index in [1.807, 2.05) is 24.5 Å². The minimum Gasteiger partial charge on any atom is -0.308 e. The zero-order chi connectivity index (χ0) is 51.0. The molecular formula is C71H44N6. The fourth-order valence-corrected chi connectivity index (χ4v) is 11.8. The summed E-state index contributed by atoms with van der Waals surface area (Å²) in [6.07, 6.45) is 3.68. The Morgan fingerprint density at radius 2 is 0.597 bits per heavy atom. The molecular weight excluding hydrogens is 937 g/mol. The first-order chi connectivity index (χ1) is 38.1. The van der Waals surface area contributed by atoms with E-state index in [1.54, 1.807) is 0 Å². The zero-order valence-corrected chi connectivity index (χ0v) is 41.6. The van der Waals surface area contributed by atoms with Gasteiger partial charge in [-0.25, -0.2) is 9.97 Å². The fourth-order valence-electron chi connectivity index (χ4n) is 11.8. The maximum absolute atomic E-state index is 11.9. The molecule has 6 nitrogen and oxygen atoms in total. The summed E-state index contributed by atoms with van der Waals surface area (Å²) in [7, 11) is 0. The van der Waals surface area contributed by atoms with E-state index >= 15 is 0 Å². The van der Waals surface area contributed by atoms with Crippen LogP contribution < -0.4 is 0 Å². The van der Waals surface area contributed by atoms with Crippen LogP contribution in [0, 0.1) is 11.3 Å². The molecule has 0 radical (unpaired) electrons. The summed E-state index contributed by atoms with van der Waals surface area (Å²) in [6.45, 7) is 0. The summed E-state index contributed by atoms with van der Waals surface area (Å²) >= 11 is 0. The third kappa shape index (κ3) is 7.17. The molecule has 0 atom stereocenters. The number of rotatable bonds is 8. The van der Waals surface area contributed by atoms with Gasteiger partial charge < -0.3 is 9.13 Å². The number of pyridine rings is 2. The van der Waals surface area contributed by atoms with Crippen molar-refractivity contribution in [3.8, 4) is 78.8 Å². The van der Waals surface area contributed by atoms with E-state index in [4.69, 9.17) is 9.97 Å². The Morgan fingerprint density at radius 3 is 0.935 bits per heavy atom. The smallest absolute Gasteiger partial charge is 0.146 e. The molecule has 0 saturated carbocycles. The lowest BCUT2D eigenvalue weighted by Gasteiger charge is -2.19. The second-order valence-corrected chi connectivity index (χ2v) is 19.7. The third-order valence-electron chi connectivity index (χ3n) is 15.4. The van der Waals surface area contributed by atoms with Crippen molar-refractivity contribution < 1.29 is 0 Å². The van der Waals surface area contributed by atoms with Crippen molar-refractivity contribution in [3.05, 3.63) is 273 Å². The first-order valence-electron chi connectivity index (χ1n) is 25.9. The summed E-state index contributed by atoms with van der Waals surface area (Å²) in [5.74, 6) is 0. The van der Waals surface area contributed by atoms with Gasteiger partial charge in [-0.3, -0.25) is 4.57 Å². The van der Waals surface area contributed by atoms with Gasteiger partial charge in [0.05, 0.1) is 33.4 Å². The van der Waals surface area contributed by atoms with Crippen molar-refractivity contribution in [2.45, 2.75) is 0 Å². The highest BCUT2D eigenvalue weighted by atomic mass is 15.1. The van der Waals surface area contributed by atoms with E-state index in [-0.39, 0.29) is 0 Å². The normalized spacial score (nSPS) is 11.6. The van der Waals surface area contributed by atoms with Crippen molar-refractivity contribution >= 4 is 65.7 Å². The third-order valence-corrected chi connectivity index (χ3v) is 15.4. The van der Waals surface area contributed by atoms with Gasteiger partial charge >= 0.3 is 0 Å². The predicted molar refractivity (Wildman–Crippen MR) is 317 cm³/mol. The number of aromatic nitrogens is 5. The van der Waals surface area contributed by atoms with Gasteiger partial charge in [0, 0.05) is 50.4 Å². The number of hydrogen-bond acceptors (Lipinski definition) is 3. The number of hydrogen-bond donors (Lipinski definition) is 0. The molecule has 0 fully saturated rings. The number of nitrogens with zero attached hydrogens (tertiary/aromatic N) is 6. The van der Waals surface area contributed by atoms with Gasteiger partial charge in [0.25, 0.3) is 0 Å². The van der Waals surface area contributed by atoms with E-state index in [1.165, 1.54) is 0 Å². The van der Waals surface area contributed by atoms with E-state index in [0.717, 1.165) is 138 Å². The average molecular weight is 981 g/mol. The summed E-state index contributed by atoms with van der Waals surface area (Å²) in [5.41, 5.74) is 19.9. The minimum atomic E-state index is 0.559. The monoisotopic (exact) mass is 980 g/mol. The molecule has 15 aromatic rings. The molecule has 0 spiro atoms. The van der Waals surface area contributed by atoms with E-state index in [2.05, 4.69) is 262 Å². The van der Waals surface area contributed by atoms with Crippen LogP contribution in [0.5, 0.6) is 0 Å². The van der Waals surface area contributed by atoms with Gasteiger partial charge in [-0.15, -0.1) is 0 Å². The van der Waals surface area contributed by atoms with Crippen LogP contribution in [0.4, 0.5) is 0 Å². The molecule has 0 aliphatic heterocycles. The van der Waals surface area contributed by atoms with Crippen LogP contribution >= 0.6 is 0 Å². The van der Waals surface area contributed by atoms with Gasteiger partial charge in [0.1, 0.15) is 22.9 Å². The van der Waals surface area contributed by atoms with E-state index in [9.17, 15) is 5.26 Å². The molecule has 10 aromatic carbocycles. The highest BCUT2D eigenvalue weighted by Gasteiger charge is 2.24. The Bertz CT molecular complexity index is 4360. The molecule has 0 unspecified atom stereocenters. The SMILES string of the molecule is N#Cc1c(-n2c3ccc(-c4ccccc4)cc3c3cc(-c4ccccc4)ccc32)cc(-c2ccc(-n3c4ncccc4c4cccnc43)cc2)cc1-n1c2ccc(-c3ccccc3)cc2c2cc(-c3ccccc3)ccc21. The number of fused-ring (bicyclic) bond motifs is 9. The molecule has 5 aromatic heterocycles. The molecule has 77 heavy (non-hydrogen) atoms. The Kier molecular flexibility index (Phi) is 10.2. The molecule has 0 amide bonds. The summed E-state index contributed by atoms with van der Waals surface area (Å²) in [4.78, 5) is 9.70. The second kappa shape index (κ2) is 17.8. The van der Waals surface area contributed by atoms with Crippen molar-refractivity contribution in [2.75, 3.05) is 0 Å². The van der Waals surface area contributed by atoms with Crippen molar-refractivity contribution in [1.29, 1.82) is 5.26 Å². The second-order valence-electron chi connectivity index (χ2n) is 19.7. The molecule has 0 bridgehead atoms. The Labute approximate surface area is 443 Å². The highest BCUT2D eigenvalue weighted by molar-refractivity contribution is 6.14. The zero-order valence-electron chi connectivity index (χ0n) is 41.6. The predicted octanol–water partition coefficient (Wildman–Crippen LogP) is 18.0. The lowest BCUT2D eigenvalue weighted by Crippen LogP contribution is -2.05. The van der Waals surface area contributed by atoms with Gasteiger partial charge in [-0.05, 0) is 153 Å². The van der Waals surface area contributed by atoms with Crippen LogP contribution in [0.15, 0.2) is 267 Å². The molecule has 0 N–H and O–H groups in total. The van der Waals surface area contributed by atoms with Crippen molar-refractivity contribution in [1.82, 2.24) is 23.7 Å². The maximum Gasteiger partial charge on any atom is 0.146 e. The molecule has 0 saturated heterocycles. The van der Waals surface area contributed by atoms with Gasteiger partial charge in [-0.2, -0.15) is 5.26 Å². The fraction of sp³-hybridized carbons (Fsp3) is 0. The average Bonchev–Trinajstić information content (AvgIpc) is 4.36. The van der Waals surface area contributed by atoms with Gasteiger partial charge in [0.2, 0.25) is 0 Å².